The maximum absolute atomic E-state index is 12.9. The van der Waals surface area contributed by atoms with E-state index in [1.807, 2.05) is 19.1 Å². The summed E-state index contributed by atoms with van der Waals surface area (Å²) in [5.74, 6) is 1.20. The van der Waals surface area contributed by atoms with E-state index >= 15 is 0 Å². The minimum Gasteiger partial charge on any atom is -0.491 e. The van der Waals surface area contributed by atoms with Crippen molar-refractivity contribution in [1.29, 1.82) is 0 Å². The van der Waals surface area contributed by atoms with Gasteiger partial charge in [-0.05, 0) is 68.1 Å². The van der Waals surface area contributed by atoms with Crippen LogP contribution in [-0.2, 0) is 20.7 Å². The van der Waals surface area contributed by atoms with Gasteiger partial charge in [-0.1, -0.05) is 12.1 Å². The molecule has 0 bridgehead atoms. The molecule has 3 rings (SSSR count). The first kappa shape index (κ1) is 28.8. The van der Waals surface area contributed by atoms with Gasteiger partial charge >= 0.3 is 0 Å². The maximum atomic E-state index is 12.9. The topological polar surface area (TPSA) is 98.3 Å². The quantitative estimate of drug-likeness (QED) is 0.294. The van der Waals surface area contributed by atoms with Crippen LogP contribution in [0, 0.1) is 11.7 Å². The van der Waals surface area contributed by atoms with Crippen molar-refractivity contribution in [2.24, 2.45) is 5.92 Å². The van der Waals surface area contributed by atoms with Crippen molar-refractivity contribution in [3.8, 4) is 11.5 Å². The lowest BCUT2D eigenvalue weighted by Gasteiger charge is -2.23. The summed E-state index contributed by atoms with van der Waals surface area (Å²) in [4.78, 5) is 12.2. The van der Waals surface area contributed by atoms with Crippen molar-refractivity contribution < 1.29 is 33.2 Å². The van der Waals surface area contributed by atoms with Crippen LogP contribution in [0.3, 0.4) is 0 Å². The molecule has 9 heteroatoms. The van der Waals surface area contributed by atoms with Gasteiger partial charge in [0.2, 0.25) is 5.91 Å². The van der Waals surface area contributed by atoms with Gasteiger partial charge in [-0.25, -0.2) is 4.39 Å². The molecule has 3 N–H and O–H groups in total. The molecule has 2 atom stereocenters. The third kappa shape index (κ3) is 11.5. The zero-order valence-corrected chi connectivity index (χ0v) is 21.5. The van der Waals surface area contributed by atoms with Gasteiger partial charge in [0.1, 0.15) is 36.6 Å². The molecule has 1 saturated heterocycles. The second-order valence-electron chi connectivity index (χ2n) is 9.21. The molecular weight excluding hydrogens is 479 g/mol. The van der Waals surface area contributed by atoms with Crippen LogP contribution >= 0.6 is 0 Å². The van der Waals surface area contributed by atoms with Crippen molar-refractivity contribution in [2.75, 3.05) is 52.7 Å². The van der Waals surface area contributed by atoms with Crippen LogP contribution in [0.1, 0.15) is 25.3 Å². The van der Waals surface area contributed by atoms with Crippen LogP contribution in [0.25, 0.3) is 0 Å². The number of carbonyl (C=O) groups is 1. The number of hydrogen-bond donors (Lipinski definition) is 3. The molecule has 0 radical (unpaired) electrons. The number of halogens is 1. The lowest BCUT2D eigenvalue weighted by atomic mass is 9.99. The average molecular weight is 519 g/mol. The van der Waals surface area contributed by atoms with Crippen LogP contribution < -0.4 is 20.1 Å². The number of hydrogen-bond acceptors (Lipinski definition) is 7. The van der Waals surface area contributed by atoms with Gasteiger partial charge in [0.15, 0.2) is 0 Å². The van der Waals surface area contributed by atoms with Gasteiger partial charge in [-0.2, -0.15) is 0 Å². The number of carbonyl (C=O) groups excluding carboxylic acids is 1. The molecule has 0 saturated carbocycles. The Labute approximate surface area is 218 Å². The van der Waals surface area contributed by atoms with Crippen LogP contribution in [0.5, 0.6) is 11.5 Å². The number of amides is 1. The van der Waals surface area contributed by atoms with Crippen molar-refractivity contribution in [3.05, 3.63) is 59.9 Å². The fraction of sp³-hybridized carbons (Fsp3) is 0.536. The summed E-state index contributed by atoms with van der Waals surface area (Å²) >= 11 is 0. The molecule has 37 heavy (non-hydrogen) atoms. The Morgan fingerprint density at radius 1 is 1.00 bits per heavy atom. The summed E-state index contributed by atoms with van der Waals surface area (Å²) < 4.78 is 35.1. The zero-order valence-electron chi connectivity index (χ0n) is 21.5. The van der Waals surface area contributed by atoms with Gasteiger partial charge < -0.3 is 34.7 Å². The standard InChI is InChI=1S/C28H39FN2O6/c1-21(18-31-28(33)23-11-14-34-15-12-23)30-19-25(32)20-37-27-8-6-26(7-9-27)36-17-16-35-13-10-22-2-4-24(29)5-3-22/h2-9,21,23,25,30,32H,10-20H2,1H3,(H,31,33)/t21-,25+/m0/s1. The Bertz CT molecular complexity index is 906. The van der Waals surface area contributed by atoms with E-state index in [0.717, 1.165) is 24.8 Å². The molecule has 1 heterocycles. The first-order valence-corrected chi connectivity index (χ1v) is 12.9. The molecular formula is C28H39FN2O6. The average Bonchev–Trinajstić information content (AvgIpc) is 2.93. The zero-order chi connectivity index (χ0) is 26.3. The van der Waals surface area contributed by atoms with Gasteiger partial charge in [-0.15, -0.1) is 0 Å². The third-order valence-corrected chi connectivity index (χ3v) is 6.09. The largest absolute Gasteiger partial charge is 0.491 e. The van der Waals surface area contributed by atoms with Crippen molar-refractivity contribution in [3.63, 3.8) is 0 Å². The molecule has 0 aliphatic carbocycles. The van der Waals surface area contributed by atoms with E-state index in [9.17, 15) is 14.3 Å². The molecule has 0 aromatic heterocycles. The summed E-state index contributed by atoms with van der Waals surface area (Å²) in [7, 11) is 0. The Morgan fingerprint density at radius 2 is 1.68 bits per heavy atom. The van der Waals surface area contributed by atoms with E-state index in [0.29, 0.717) is 57.6 Å². The summed E-state index contributed by atoms with van der Waals surface area (Å²) in [6, 6.07) is 13.6. The van der Waals surface area contributed by atoms with E-state index < -0.39 is 6.10 Å². The molecule has 1 aliphatic rings. The minimum absolute atomic E-state index is 0.0294. The van der Waals surface area contributed by atoms with Gasteiger partial charge in [0.05, 0.1) is 13.2 Å². The molecule has 1 amide bonds. The van der Waals surface area contributed by atoms with Crippen LogP contribution in [0.4, 0.5) is 4.39 Å². The summed E-state index contributed by atoms with van der Waals surface area (Å²) in [6.07, 6.45) is 1.58. The van der Waals surface area contributed by atoms with Crippen molar-refractivity contribution >= 4 is 5.91 Å². The second-order valence-corrected chi connectivity index (χ2v) is 9.21. The molecule has 2 aromatic carbocycles. The van der Waals surface area contributed by atoms with Crippen LogP contribution in [0.15, 0.2) is 48.5 Å². The predicted molar refractivity (Wildman–Crippen MR) is 138 cm³/mol. The number of nitrogens with one attached hydrogen (secondary N) is 2. The second kappa shape index (κ2) is 16.2. The highest BCUT2D eigenvalue weighted by atomic mass is 19.1. The highest BCUT2D eigenvalue weighted by Crippen LogP contribution is 2.18. The highest BCUT2D eigenvalue weighted by Gasteiger charge is 2.21. The summed E-state index contributed by atoms with van der Waals surface area (Å²) in [6.45, 7) is 5.68. The predicted octanol–water partition coefficient (Wildman–Crippen LogP) is 2.72. The number of rotatable bonds is 16. The first-order chi connectivity index (χ1) is 18.0. The Kier molecular flexibility index (Phi) is 12.6. The summed E-state index contributed by atoms with van der Waals surface area (Å²) in [5, 5.41) is 16.4. The van der Waals surface area contributed by atoms with Gasteiger partial charge in [-0.3, -0.25) is 4.79 Å². The molecule has 204 valence electrons. The molecule has 8 nitrogen and oxygen atoms in total. The van der Waals surface area contributed by atoms with E-state index in [-0.39, 0.29) is 30.3 Å². The molecule has 0 unspecified atom stereocenters. The van der Waals surface area contributed by atoms with Crippen molar-refractivity contribution in [1.82, 2.24) is 10.6 Å². The fourth-order valence-corrected chi connectivity index (χ4v) is 3.81. The molecule has 2 aromatic rings. The number of aliphatic hydroxyl groups is 1. The number of benzene rings is 2. The van der Waals surface area contributed by atoms with E-state index in [1.165, 1.54) is 12.1 Å². The monoisotopic (exact) mass is 518 g/mol. The Morgan fingerprint density at radius 3 is 2.38 bits per heavy atom. The third-order valence-electron chi connectivity index (χ3n) is 6.09. The van der Waals surface area contributed by atoms with E-state index in [2.05, 4.69) is 10.6 Å². The molecule has 1 fully saturated rings. The van der Waals surface area contributed by atoms with Crippen LogP contribution in [0.2, 0.25) is 0 Å². The lowest BCUT2D eigenvalue weighted by molar-refractivity contribution is -0.127. The highest BCUT2D eigenvalue weighted by molar-refractivity contribution is 5.78. The normalized spacial score (nSPS) is 15.6. The molecule has 0 spiro atoms. The molecule has 1 aliphatic heterocycles. The number of aliphatic hydroxyl groups excluding tert-OH is 1. The fourth-order valence-electron chi connectivity index (χ4n) is 3.81. The number of ether oxygens (including phenoxy) is 4. The SMILES string of the molecule is C[C@@H](CNC(=O)C1CCOCC1)NC[C@@H](O)COc1ccc(OCCOCCc2ccc(F)cc2)cc1. The summed E-state index contributed by atoms with van der Waals surface area (Å²) in [5.41, 5.74) is 1.03. The van der Waals surface area contributed by atoms with Gasteiger partial charge in [0, 0.05) is 38.3 Å². The smallest absolute Gasteiger partial charge is 0.223 e. The lowest BCUT2D eigenvalue weighted by Crippen LogP contribution is -2.44. The van der Waals surface area contributed by atoms with Crippen LogP contribution in [-0.4, -0.2) is 75.9 Å². The van der Waals surface area contributed by atoms with Crippen molar-refractivity contribution in [2.45, 2.75) is 38.3 Å². The van der Waals surface area contributed by atoms with E-state index in [4.69, 9.17) is 18.9 Å². The maximum Gasteiger partial charge on any atom is 0.223 e. The Balaban J connectivity index is 1.21. The first-order valence-electron chi connectivity index (χ1n) is 12.9. The van der Waals surface area contributed by atoms with E-state index in [1.54, 1.807) is 24.3 Å². The Hall–Kier alpha value is -2.72. The van der Waals surface area contributed by atoms with Gasteiger partial charge in [0.25, 0.3) is 0 Å². The minimum atomic E-state index is -0.684.